The van der Waals surface area contributed by atoms with E-state index in [4.69, 9.17) is 4.74 Å². The molecule has 5 heteroatoms. The van der Waals surface area contributed by atoms with E-state index in [1.807, 2.05) is 18.4 Å². The van der Waals surface area contributed by atoms with Crippen LogP contribution in [0.1, 0.15) is 16.3 Å². The van der Waals surface area contributed by atoms with Crippen molar-refractivity contribution in [3.63, 3.8) is 0 Å². The summed E-state index contributed by atoms with van der Waals surface area (Å²) in [5.41, 5.74) is 2.00. The third kappa shape index (κ3) is 3.51. The second-order valence-electron chi connectivity index (χ2n) is 4.15. The molecule has 0 aliphatic heterocycles. The Morgan fingerprint density at radius 2 is 2.22 bits per heavy atom. The van der Waals surface area contributed by atoms with Crippen molar-refractivity contribution in [3.05, 3.63) is 40.0 Å². The first kappa shape index (κ1) is 13.0. The highest BCUT2D eigenvalue weighted by atomic mass is 32.1. The minimum atomic E-state index is -0.425. The molecule has 0 aliphatic carbocycles. The molecule has 1 atom stereocenters. The highest BCUT2D eigenvalue weighted by Gasteiger charge is 2.10. The fraction of sp³-hybridized carbons (Fsp3) is 0.385. The van der Waals surface area contributed by atoms with Crippen LogP contribution in [-0.4, -0.2) is 28.3 Å². The smallest absolute Gasteiger partial charge is 0.212 e. The summed E-state index contributed by atoms with van der Waals surface area (Å²) >= 11 is 1.59. The summed E-state index contributed by atoms with van der Waals surface area (Å²) in [7, 11) is 1.58. The van der Waals surface area contributed by atoms with Crippen molar-refractivity contribution in [2.24, 2.45) is 0 Å². The quantitative estimate of drug-likeness (QED) is 0.897. The molecule has 2 rings (SSSR count). The van der Waals surface area contributed by atoms with Crippen LogP contribution in [0.4, 0.5) is 0 Å². The van der Waals surface area contributed by atoms with Crippen LogP contribution in [0.5, 0.6) is 5.88 Å². The lowest BCUT2D eigenvalue weighted by Gasteiger charge is -2.08. The Labute approximate surface area is 110 Å². The van der Waals surface area contributed by atoms with Gasteiger partial charge in [0, 0.05) is 36.2 Å². The summed E-state index contributed by atoms with van der Waals surface area (Å²) in [6, 6.07) is 3.72. The van der Waals surface area contributed by atoms with Crippen molar-refractivity contribution < 1.29 is 9.84 Å². The van der Waals surface area contributed by atoms with Gasteiger partial charge in [-0.1, -0.05) is 6.07 Å². The van der Waals surface area contributed by atoms with E-state index in [-0.39, 0.29) is 0 Å². The summed E-state index contributed by atoms with van der Waals surface area (Å²) < 4.78 is 4.99. The molecule has 0 spiro atoms. The molecular formula is C13H16N2O2S. The lowest BCUT2D eigenvalue weighted by atomic mass is 10.1. The first-order valence-electron chi connectivity index (χ1n) is 5.75. The second kappa shape index (κ2) is 5.93. The molecule has 2 aromatic heterocycles. The maximum atomic E-state index is 10.00. The molecule has 0 aliphatic rings. The van der Waals surface area contributed by atoms with Gasteiger partial charge in [-0.05, 0) is 12.5 Å². The maximum absolute atomic E-state index is 10.00. The lowest BCUT2D eigenvalue weighted by molar-refractivity contribution is 0.175. The number of aliphatic hydroxyl groups excluding tert-OH is 1. The Hall–Kier alpha value is -1.46. The van der Waals surface area contributed by atoms with Gasteiger partial charge in [0.2, 0.25) is 5.88 Å². The molecular weight excluding hydrogens is 248 g/mol. The Bertz CT molecular complexity index is 496. The minimum absolute atomic E-state index is 0.425. The zero-order valence-electron chi connectivity index (χ0n) is 10.5. The summed E-state index contributed by atoms with van der Waals surface area (Å²) in [5.74, 6) is 0.587. The van der Waals surface area contributed by atoms with Crippen LogP contribution in [0, 0.1) is 6.92 Å². The van der Waals surface area contributed by atoms with Crippen LogP contribution >= 0.6 is 11.3 Å². The van der Waals surface area contributed by atoms with Crippen LogP contribution < -0.4 is 4.74 Å². The lowest BCUT2D eigenvalue weighted by Crippen LogP contribution is -2.14. The van der Waals surface area contributed by atoms with E-state index < -0.39 is 6.10 Å². The van der Waals surface area contributed by atoms with E-state index in [1.165, 1.54) is 0 Å². The van der Waals surface area contributed by atoms with E-state index in [0.717, 1.165) is 16.3 Å². The highest BCUT2D eigenvalue weighted by Crippen LogP contribution is 2.14. The van der Waals surface area contributed by atoms with E-state index in [2.05, 4.69) is 9.97 Å². The van der Waals surface area contributed by atoms with E-state index in [9.17, 15) is 5.11 Å². The standard InChI is InChI=1S/C13H16N2O2S/c1-9-8-18-13(15-9)6-11(16)5-10-3-4-12(17-2)14-7-10/h3-4,7-8,11,16H,5-6H2,1-2H3. The third-order valence-electron chi connectivity index (χ3n) is 2.55. The SMILES string of the molecule is COc1ccc(CC(O)Cc2nc(C)cs2)cn1. The molecule has 0 saturated carbocycles. The van der Waals surface area contributed by atoms with Gasteiger partial charge in [-0.3, -0.25) is 0 Å². The van der Waals surface area contributed by atoms with Gasteiger partial charge < -0.3 is 9.84 Å². The third-order valence-corrected chi connectivity index (χ3v) is 3.54. The number of aryl methyl sites for hydroxylation is 1. The number of pyridine rings is 1. The number of hydrogen-bond donors (Lipinski definition) is 1. The number of aromatic nitrogens is 2. The molecule has 1 unspecified atom stereocenters. The van der Waals surface area contributed by atoms with E-state index >= 15 is 0 Å². The monoisotopic (exact) mass is 264 g/mol. The summed E-state index contributed by atoms with van der Waals surface area (Å²) in [6.07, 6.45) is 2.47. The fourth-order valence-corrected chi connectivity index (χ4v) is 2.54. The van der Waals surface area contributed by atoms with Crippen molar-refractivity contribution in [2.45, 2.75) is 25.9 Å². The molecule has 0 fully saturated rings. The van der Waals surface area contributed by atoms with Crippen molar-refractivity contribution in [2.75, 3.05) is 7.11 Å². The number of hydrogen-bond acceptors (Lipinski definition) is 5. The minimum Gasteiger partial charge on any atom is -0.481 e. The predicted molar refractivity (Wildman–Crippen MR) is 71.1 cm³/mol. The summed E-state index contributed by atoms with van der Waals surface area (Å²) in [6.45, 7) is 1.96. The Morgan fingerprint density at radius 3 is 2.78 bits per heavy atom. The predicted octanol–water partition coefficient (Wildman–Crippen LogP) is 2.00. The number of nitrogens with zero attached hydrogens (tertiary/aromatic N) is 2. The molecule has 4 nitrogen and oxygen atoms in total. The molecule has 0 saturated heterocycles. The van der Waals surface area contributed by atoms with Gasteiger partial charge >= 0.3 is 0 Å². The first-order valence-corrected chi connectivity index (χ1v) is 6.63. The van der Waals surface area contributed by atoms with Gasteiger partial charge in [0.15, 0.2) is 0 Å². The average molecular weight is 264 g/mol. The van der Waals surface area contributed by atoms with Crippen molar-refractivity contribution in [3.8, 4) is 5.88 Å². The van der Waals surface area contributed by atoms with Gasteiger partial charge in [-0.2, -0.15) is 0 Å². The number of methoxy groups -OCH3 is 1. The van der Waals surface area contributed by atoms with Gasteiger partial charge in [0.25, 0.3) is 0 Å². The molecule has 1 N–H and O–H groups in total. The number of thiazole rings is 1. The van der Waals surface area contributed by atoms with Crippen LogP contribution in [0.3, 0.4) is 0 Å². The van der Waals surface area contributed by atoms with Gasteiger partial charge in [0.1, 0.15) is 0 Å². The number of aliphatic hydroxyl groups is 1. The zero-order chi connectivity index (χ0) is 13.0. The van der Waals surface area contributed by atoms with Crippen molar-refractivity contribution >= 4 is 11.3 Å². The van der Waals surface area contributed by atoms with E-state index in [0.29, 0.717) is 18.7 Å². The molecule has 0 bridgehead atoms. The van der Waals surface area contributed by atoms with Crippen molar-refractivity contribution in [1.82, 2.24) is 9.97 Å². The van der Waals surface area contributed by atoms with Crippen LogP contribution in [-0.2, 0) is 12.8 Å². The molecule has 96 valence electrons. The molecule has 0 aromatic carbocycles. The fourth-order valence-electron chi connectivity index (χ4n) is 1.69. The highest BCUT2D eigenvalue weighted by molar-refractivity contribution is 7.09. The molecule has 2 aromatic rings. The van der Waals surface area contributed by atoms with Crippen LogP contribution in [0.2, 0.25) is 0 Å². The topological polar surface area (TPSA) is 55.2 Å². The van der Waals surface area contributed by atoms with Gasteiger partial charge in [0.05, 0.1) is 18.2 Å². The Kier molecular flexibility index (Phi) is 4.28. The molecule has 18 heavy (non-hydrogen) atoms. The Morgan fingerprint density at radius 1 is 1.39 bits per heavy atom. The molecule has 0 amide bonds. The van der Waals surface area contributed by atoms with E-state index in [1.54, 1.807) is 30.7 Å². The Balaban J connectivity index is 1.91. The molecule has 0 radical (unpaired) electrons. The maximum Gasteiger partial charge on any atom is 0.212 e. The van der Waals surface area contributed by atoms with Gasteiger partial charge in [-0.15, -0.1) is 11.3 Å². The normalized spacial score (nSPS) is 12.4. The zero-order valence-corrected chi connectivity index (χ0v) is 11.3. The average Bonchev–Trinajstić information content (AvgIpc) is 2.75. The van der Waals surface area contributed by atoms with Crippen LogP contribution in [0.15, 0.2) is 23.7 Å². The molecule has 2 heterocycles. The summed E-state index contributed by atoms with van der Waals surface area (Å²) in [5, 5.41) is 13.0. The number of rotatable bonds is 5. The van der Waals surface area contributed by atoms with Crippen LogP contribution in [0.25, 0.3) is 0 Å². The van der Waals surface area contributed by atoms with Gasteiger partial charge in [-0.25, -0.2) is 9.97 Å². The van der Waals surface area contributed by atoms with Crippen molar-refractivity contribution in [1.29, 1.82) is 0 Å². The summed E-state index contributed by atoms with van der Waals surface area (Å²) in [4.78, 5) is 8.46. The number of ether oxygens (including phenoxy) is 1. The largest absolute Gasteiger partial charge is 0.481 e. The second-order valence-corrected chi connectivity index (χ2v) is 5.10. The first-order chi connectivity index (χ1) is 8.67.